The van der Waals surface area contributed by atoms with Crippen LogP contribution in [0, 0.1) is 5.92 Å². The molecule has 4 rings (SSSR count). The van der Waals surface area contributed by atoms with Gasteiger partial charge in [0.2, 0.25) is 0 Å². The maximum atomic E-state index is 13.1. The first-order valence-electron chi connectivity index (χ1n) is 10.6. The van der Waals surface area contributed by atoms with Gasteiger partial charge in [-0.3, -0.25) is 14.5 Å². The SMILES string of the molecule is COc1cccc(N2C(=O)C(=O)/C(=C(\O)c3ccc(OCC(C)C)cc3)C2c2ccco2)c1. The van der Waals surface area contributed by atoms with Crippen LogP contribution in [0.1, 0.15) is 31.2 Å². The molecule has 1 unspecified atom stereocenters. The number of aliphatic hydroxyl groups excluding tert-OH is 1. The van der Waals surface area contributed by atoms with Gasteiger partial charge in [-0.25, -0.2) is 0 Å². The number of amides is 1. The summed E-state index contributed by atoms with van der Waals surface area (Å²) in [5, 5.41) is 11.1. The van der Waals surface area contributed by atoms with E-state index in [0.717, 1.165) is 0 Å². The van der Waals surface area contributed by atoms with Gasteiger partial charge in [0, 0.05) is 17.3 Å². The molecular weight excluding hydrogens is 422 g/mol. The molecule has 1 aliphatic rings. The summed E-state index contributed by atoms with van der Waals surface area (Å²) in [5.41, 5.74) is 0.801. The molecule has 2 aromatic carbocycles. The Hall–Kier alpha value is -4.00. The molecule has 1 fully saturated rings. The quantitative estimate of drug-likeness (QED) is 0.313. The number of furan rings is 1. The van der Waals surface area contributed by atoms with E-state index >= 15 is 0 Å². The number of methoxy groups -OCH3 is 1. The highest BCUT2D eigenvalue weighted by Gasteiger charge is 2.48. The second kappa shape index (κ2) is 9.24. The van der Waals surface area contributed by atoms with Gasteiger partial charge in [-0.2, -0.15) is 0 Å². The fourth-order valence-electron chi connectivity index (χ4n) is 3.70. The monoisotopic (exact) mass is 447 g/mol. The molecule has 33 heavy (non-hydrogen) atoms. The van der Waals surface area contributed by atoms with Gasteiger partial charge in [-0.05, 0) is 54.4 Å². The lowest BCUT2D eigenvalue weighted by Crippen LogP contribution is -2.29. The number of ether oxygens (including phenoxy) is 2. The molecule has 0 saturated carbocycles. The molecule has 7 nitrogen and oxygen atoms in total. The molecule has 170 valence electrons. The number of rotatable bonds is 7. The van der Waals surface area contributed by atoms with E-state index in [1.807, 2.05) is 0 Å². The third kappa shape index (κ3) is 4.35. The van der Waals surface area contributed by atoms with E-state index < -0.39 is 17.7 Å². The van der Waals surface area contributed by atoms with E-state index in [9.17, 15) is 14.7 Å². The van der Waals surface area contributed by atoms with Crippen LogP contribution in [0.4, 0.5) is 5.69 Å². The van der Waals surface area contributed by atoms with Gasteiger partial charge in [0.1, 0.15) is 29.1 Å². The minimum atomic E-state index is -0.927. The third-order valence-electron chi connectivity index (χ3n) is 5.30. The molecule has 0 bridgehead atoms. The first kappa shape index (κ1) is 22.2. The number of aliphatic hydroxyl groups is 1. The number of Topliss-reactive ketones (excluding diaryl/α,β-unsaturated/α-hetero) is 1. The Bertz CT molecular complexity index is 1180. The van der Waals surface area contributed by atoms with Crippen molar-refractivity contribution in [3.63, 3.8) is 0 Å². The number of ketones is 1. The van der Waals surface area contributed by atoms with Gasteiger partial charge in [-0.15, -0.1) is 0 Å². The first-order valence-corrected chi connectivity index (χ1v) is 10.6. The van der Waals surface area contributed by atoms with Crippen molar-refractivity contribution in [3.05, 3.63) is 83.8 Å². The van der Waals surface area contributed by atoms with E-state index in [4.69, 9.17) is 13.9 Å². The number of carbonyl (C=O) groups excluding carboxylic acids is 2. The van der Waals surface area contributed by atoms with Crippen molar-refractivity contribution < 1.29 is 28.6 Å². The van der Waals surface area contributed by atoms with Gasteiger partial charge < -0.3 is 19.0 Å². The number of nitrogens with zero attached hydrogens (tertiary/aromatic N) is 1. The molecule has 1 N–H and O–H groups in total. The third-order valence-corrected chi connectivity index (χ3v) is 5.30. The summed E-state index contributed by atoms with van der Waals surface area (Å²) in [6, 6.07) is 16.0. The zero-order valence-electron chi connectivity index (χ0n) is 18.6. The van der Waals surface area contributed by atoms with Gasteiger partial charge in [-0.1, -0.05) is 19.9 Å². The summed E-state index contributed by atoms with van der Waals surface area (Å²) < 4.78 is 16.5. The van der Waals surface area contributed by atoms with Crippen LogP contribution in [0.2, 0.25) is 0 Å². The van der Waals surface area contributed by atoms with E-state index in [0.29, 0.717) is 41.0 Å². The average Bonchev–Trinajstić information content (AvgIpc) is 3.44. The van der Waals surface area contributed by atoms with Crippen LogP contribution in [0.3, 0.4) is 0 Å². The largest absolute Gasteiger partial charge is 0.507 e. The van der Waals surface area contributed by atoms with Crippen molar-refractivity contribution in [2.45, 2.75) is 19.9 Å². The molecule has 1 aromatic heterocycles. The second-order valence-corrected chi connectivity index (χ2v) is 8.12. The average molecular weight is 447 g/mol. The number of hydrogen-bond acceptors (Lipinski definition) is 6. The van der Waals surface area contributed by atoms with E-state index in [2.05, 4.69) is 13.8 Å². The predicted molar refractivity (Wildman–Crippen MR) is 123 cm³/mol. The number of carbonyl (C=O) groups is 2. The zero-order chi connectivity index (χ0) is 23.5. The summed E-state index contributed by atoms with van der Waals surface area (Å²) >= 11 is 0. The molecule has 1 atom stereocenters. The van der Waals surface area contributed by atoms with E-state index in [-0.39, 0.29) is 11.3 Å². The Balaban J connectivity index is 1.78. The zero-order valence-corrected chi connectivity index (χ0v) is 18.6. The minimum absolute atomic E-state index is 0.0476. The van der Waals surface area contributed by atoms with Crippen LogP contribution in [-0.4, -0.2) is 30.5 Å². The summed E-state index contributed by atoms with van der Waals surface area (Å²) in [6.07, 6.45) is 1.46. The van der Waals surface area contributed by atoms with Crippen molar-refractivity contribution in [2.75, 3.05) is 18.6 Å². The maximum Gasteiger partial charge on any atom is 0.300 e. The lowest BCUT2D eigenvalue weighted by atomic mass is 9.99. The fraction of sp³-hybridized carbons (Fsp3) is 0.231. The molecule has 3 aromatic rings. The lowest BCUT2D eigenvalue weighted by molar-refractivity contribution is -0.132. The topological polar surface area (TPSA) is 89.2 Å². The van der Waals surface area contributed by atoms with Crippen LogP contribution in [0.15, 0.2) is 76.9 Å². The molecule has 0 spiro atoms. The van der Waals surface area contributed by atoms with Gasteiger partial charge in [0.05, 0.1) is 25.6 Å². The van der Waals surface area contributed by atoms with E-state index in [1.54, 1.807) is 60.7 Å². The Morgan fingerprint density at radius 2 is 1.82 bits per heavy atom. The van der Waals surface area contributed by atoms with E-state index in [1.165, 1.54) is 18.3 Å². The molecule has 1 aliphatic heterocycles. The summed E-state index contributed by atoms with van der Waals surface area (Å²) in [7, 11) is 1.52. The lowest BCUT2D eigenvalue weighted by Gasteiger charge is -2.23. The van der Waals surface area contributed by atoms with Crippen LogP contribution in [0.25, 0.3) is 5.76 Å². The molecule has 1 saturated heterocycles. The molecule has 0 radical (unpaired) electrons. The molecule has 2 heterocycles. The highest BCUT2D eigenvalue weighted by Crippen LogP contribution is 2.43. The molecule has 1 amide bonds. The van der Waals surface area contributed by atoms with Crippen LogP contribution < -0.4 is 14.4 Å². The van der Waals surface area contributed by atoms with Gasteiger partial charge >= 0.3 is 0 Å². The molecule has 7 heteroatoms. The van der Waals surface area contributed by atoms with Crippen molar-refractivity contribution in [1.29, 1.82) is 0 Å². The van der Waals surface area contributed by atoms with Crippen molar-refractivity contribution in [1.82, 2.24) is 0 Å². The normalized spacial score (nSPS) is 17.6. The van der Waals surface area contributed by atoms with Crippen LogP contribution in [-0.2, 0) is 9.59 Å². The summed E-state index contributed by atoms with van der Waals surface area (Å²) in [4.78, 5) is 27.5. The Morgan fingerprint density at radius 1 is 1.06 bits per heavy atom. The highest BCUT2D eigenvalue weighted by atomic mass is 16.5. The maximum absolute atomic E-state index is 13.1. The van der Waals surface area contributed by atoms with Crippen molar-refractivity contribution >= 4 is 23.1 Å². The number of anilines is 1. The Labute approximate surface area is 191 Å². The van der Waals surface area contributed by atoms with Gasteiger partial charge in [0.25, 0.3) is 11.7 Å². The second-order valence-electron chi connectivity index (χ2n) is 8.12. The first-order chi connectivity index (χ1) is 15.9. The van der Waals surface area contributed by atoms with Crippen LogP contribution in [0.5, 0.6) is 11.5 Å². The highest BCUT2D eigenvalue weighted by molar-refractivity contribution is 6.51. The standard InChI is InChI=1S/C26H25NO6/c1-16(2)15-33-19-11-9-17(10-12-19)24(28)22-23(21-8-5-13-32-21)27(26(30)25(22)29)18-6-4-7-20(14-18)31-3/h4-14,16,23,28H,15H2,1-3H3/b24-22-. The van der Waals surface area contributed by atoms with Gasteiger partial charge in [0.15, 0.2) is 0 Å². The number of benzene rings is 2. The van der Waals surface area contributed by atoms with Crippen LogP contribution >= 0.6 is 0 Å². The minimum Gasteiger partial charge on any atom is -0.507 e. The number of hydrogen-bond donors (Lipinski definition) is 1. The summed E-state index contributed by atoms with van der Waals surface area (Å²) in [6.45, 7) is 4.67. The molecule has 0 aliphatic carbocycles. The fourth-order valence-corrected chi connectivity index (χ4v) is 3.70. The van der Waals surface area contributed by atoms with Crippen molar-refractivity contribution in [2.24, 2.45) is 5.92 Å². The molecular formula is C26H25NO6. The predicted octanol–water partition coefficient (Wildman–Crippen LogP) is 4.95. The smallest absolute Gasteiger partial charge is 0.300 e. The Morgan fingerprint density at radius 3 is 2.45 bits per heavy atom. The summed E-state index contributed by atoms with van der Waals surface area (Å²) in [5.74, 6) is 0.0779. The Kier molecular flexibility index (Phi) is 6.22. The van der Waals surface area contributed by atoms with Crippen molar-refractivity contribution in [3.8, 4) is 11.5 Å².